The van der Waals surface area contributed by atoms with Crippen LogP contribution in [0.4, 0.5) is 0 Å². The van der Waals surface area contributed by atoms with Gasteiger partial charge in [-0.05, 0) is 46.8 Å². The number of benzene rings is 1. The van der Waals surface area contributed by atoms with Gasteiger partial charge in [0.05, 0.1) is 18.7 Å². The maximum Gasteiger partial charge on any atom is 0.133 e. The summed E-state index contributed by atoms with van der Waals surface area (Å²) in [7, 11) is 3.31. The summed E-state index contributed by atoms with van der Waals surface area (Å²) in [4.78, 5) is 0. The predicted molar refractivity (Wildman–Crippen MR) is 77.7 cm³/mol. The first-order chi connectivity index (χ1) is 9.17. The number of hydrogen-bond acceptors (Lipinski definition) is 4. The molecule has 4 nitrogen and oxygen atoms in total. The van der Waals surface area contributed by atoms with Crippen LogP contribution in [-0.4, -0.2) is 27.4 Å². The Bertz CT molecular complexity index is 433. The van der Waals surface area contributed by atoms with Crippen molar-refractivity contribution >= 4 is 15.9 Å². The lowest BCUT2D eigenvalue weighted by molar-refractivity contribution is 0.0581. The lowest BCUT2D eigenvalue weighted by Gasteiger charge is -2.29. The van der Waals surface area contributed by atoms with Crippen LogP contribution in [0.5, 0.6) is 11.5 Å². The van der Waals surface area contributed by atoms with Crippen molar-refractivity contribution in [2.24, 2.45) is 11.7 Å². The van der Waals surface area contributed by atoms with Crippen molar-refractivity contribution in [1.82, 2.24) is 0 Å². The van der Waals surface area contributed by atoms with E-state index in [0.29, 0.717) is 5.92 Å². The summed E-state index contributed by atoms with van der Waals surface area (Å²) in [5, 5.41) is 0. The summed E-state index contributed by atoms with van der Waals surface area (Å²) in [6.45, 7) is 1.57. The van der Waals surface area contributed by atoms with Crippen LogP contribution in [0.2, 0.25) is 0 Å². The number of halogens is 1. The SMILES string of the molecule is COc1cc([C@H](N)C2CCOCC2)c(OC)cc1Br. The van der Waals surface area contributed by atoms with Gasteiger partial charge in [-0.15, -0.1) is 0 Å². The van der Waals surface area contributed by atoms with E-state index in [0.717, 1.165) is 47.6 Å². The van der Waals surface area contributed by atoms with Gasteiger partial charge in [-0.1, -0.05) is 0 Å². The molecule has 1 heterocycles. The molecule has 1 aromatic carbocycles. The van der Waals surface area contributed by atoms with E-state index in [2.05, 4.69) is 15.9 Å². The monoisotopic (exact) mass is 329 g/mol. The first-order valence-electron chi connectivity index (χ1n) is 6.42. The Morgan fingerprint density at radius 1 is 1.21 bits per heavy atom. The summed E-state index contributed by atoms with van der Waals surface area (Å²) < 4.78 is 17.0. The Morgan fingerprint density at radius 2 is 1.84 bits per heavy atom. The highest BCUT2D eigenvalue weighted by Gasteiger charge is 2.25. The second kappa shape index (κ2) is 6.59. The molecule has 1 saturated heterocycles. The molecule has 19 heavy (non-hydrogen) atoms. The van der Waals surface area contributed by atoms with Crippen LogP contribution < -0.4 is 15.2 Å². The number of rotatable bonds is 4. The van der Waals surface area contributed by atoms with Gasteiger partial charge < -0.3 is 19.9 Å². The van der Waals surface area contributed by atoms with Gasteiger partial charge in [0.2, 0.25) is 0 Å². The molecule has 0 unspecified atom stereocenters. The molecule has 1 aliphatic rings. The van der Waals surface area contributed by atoms with E-state index >= 15 is 0 Å². The minimum Gasteiger partial charge on any atom is -0.496 e. The lowest BCUT2D eigenvalue weighted by Crippen LogP contribution is -2.27. The predicted octanol–water partition coefficient (Wildman–Crippen LogP) is 2.89. The third-order valence-electron chi connectivity index (χ3n) is 3.64. The minimum atomic E-state index is -0.0548. The summed E-state index contributed by atoms with van der Waals surface area (Å²) in [6.07, 6.45) is 1.98. The van der Waals surface area contributed by atoms with E-state index in [-0.39, 0.29) is 6.04 Å². The molecule has 0 aliphatic carbocycles. The molecule has 2 N–H and O–H groups in total. The summed E-state index contributed by atoms with van der Waals surface area (Å²) in [5.74, 6) is 2.00. The van der Waals surface area contributed by atoms with Gasteiger partial charge in [-0.3, -0.25) is 0 Å². The second-order valence-electron chi connectivity index (χ2n) is 4.70. The molecule has 0 bridgehead atoms. The van der Waals surface area contributed by atoms with Crippen LogP contribution in [0.3, 0.4) is 0 Å². The Labute approximate surface area is 122 Å². The first-order valence-corrected chi connectivity index (χ1v) is 7.21. The Balaban J connectivity index is 2.30. The number of hydrogen-bond donors (Lipinski definition) is 1. The van der Waals surface area contributed by atoms with E-state index in [9.17, 15) is 0 Å². The largest absolute Gasteiger partial charge is 0.496 e. The van der Waals surface area contributed by atoms with Crippen LogP contribution in [0.15, 0.2) is 16.6 Å². The molecule has 106 valence electrons. The third-order valence-corrected chi connectivity index (χ3v) is 4.26. The van der Waals surface area contributed by atoms with E-state index in [1.165, 1.54) is 0 Å². The van der Waals surface area contributed by atoms with Crippen molar-refractivity contribution in [3.05, 3.63) is 22.2 Å². The maximum absolute atomic E-state index is 6.41. The zero-order valence-corrected chi connectivity index (χ0v) is 12.9. The summed E-state index contributed by atoms with van der Waals surface area (Å²) in [5.41, 5.74) is 7.41. The fourth-order valence-corrected chi connectivity index (χ4v) is 2.96. The van der Waals surface area contributed by atoms with Gasteiger partial charge in [0.15, 0.2) is 0 Å². The highest BCUT2D eigenvalue weighted by atomic mass is 79.9. The van der Waals surface area contributed by atoms with Crippen molar-refractivity contribution in [3.63, 3.8) is 0 Å². The molecular weight excluding hydrogens is 310 g/mol. The molecule has 0 aromatic heterocycles. The zero-order chi connectivity index (χ0) is 13.8. The van der Waals surface area contributed by atoms with Crippen LogP contribution >= 0.6 is 15.9 Å². The summed E-state index contributed by atoms with van der Waals surface area (Å²) in [6, 6.07) is 3.82. The van der Waals surface area contributed by atoms with Crippen LogP contribution in [-0.2, 0) is 4.74 Å². The molecule has 0 saturated carbocycles. The molecule has 1 aromatic rings. The van der Waals surface area contributed by atoms with E-state index < -0.39 is 0 Å². The van der Waals surface area contributed by atoms with E-state index in [1.807, 2.05) is 12.1 Å². The molecule has 2 rings (SSSR count). The van der Waals surface area contributed by atoms with Crippen molar-refractivity contribution in [1.29, 1.82) is 0 Å². The lowest BCUT2D eigenvalue weighted by atomic mass is 9.87. The van der Waals surface area contributed by atoms with Gasteiger partial charge in [-0.25, -0.2) is 0 Å². The fourth-order valence-electron chi connectivity index (χ4n) is 2.47. The van der Waals surface area contributed by atoms with Crippen molar-refractivity contribution < 1.29 is 14.2 Å². The topological polar surface area (TPSA) is 53.7 Å². The molecular formula is C14H20BrNO3. The van der Waals surface area contributed by atoms with Gasteiger partial charge >= 0.3 is 0 Å². The van der Waals surface area contributed by atoms with Crippen molar-refractivity contribution in [2.45, 2.75) is 18.9 Å². The van der Waals surface area contributed by atoms with Crippen LogP contribution in [0, 0.1) is 5.92 Å². The fraction of sp³-hybridized carbons (Fsp3) is 0.571. The van der Waals surface area contributed by atoms with Gasteiger partial charge in [0.1, 0.15) is 11.5 Å². The smallest absolute Gasteiger partial charge is 0.133 e. The van der Waals surface area contributed by atoms with Crippen LogP contribution in [0.25, 0.3) is 0 Å². The molecule has 1 fully saturated rings. The molecule has 1 atom stereocenters. The number of methoxy groups -OCH3 is 2. The molecule has 5 heteroatoms. The number of ether oxygens (including phenoxy) is 3. The average Bonchev–Trinajstić information content (AvgIpc) is 2.47. The van der Waals surface area contributed by atoms with Gasteiger partial charge in [-0.2, -0.15) is 0 Å². The Hall–Kier alpha value is -0.780. The normalized spacial score (nSPS) is 18.1. The molecule has 0 amide bonds. The first kappa shape index (κ1) is 14.6. The Morgan fingerprint density at radius 3 is 2.42 bits per heavy atom. The quantitative estimate of drug-likeness (QED) is 0.922. The van der Waals surface area contributed by atoms with Gasteiger partial charge in [0.25, 0.3) is 0 Å². The maximum atomic E-state index is 6.41. The zero-order valence-electron chi connectivity index (χ0n) is 11.3. The number of nitrogens with two attached hydrogens (primary N) is 1. The summed E-state index contributed by atoms with van der Waals surface area (Å²) >= 11 is 3.46. The minimum absolute atomic E-state index is 0.0548. The van der Waals surface area contributed by atoms with Crippen molar-refractivity contribution in [3.8, 4) is 11.5 Å². The van der Waals surface area contributed by atoms with Crippen molar-refractivity contribution in [2.75, 3.05) is 27.4 Å². The highest BCUT2D eigenvalue weighted by Crippen LogP contribution is 2.39. The average molecular weight is 330 g/mol. The third kappa shape index (κ3) is 3.22. The highest BCUT2D eigenvalue weighted by molar-refractivity contribution is 9.10. The van der Waals surface area contributed by atoms with E-state index in [4.69, 9.17) is 19.9 Å². The molecule has 0 spiro atoms. The van der Waals surface area contributed by atoms with Gasteiger partial charge in [0, 0.05) is 24.8 Å². The standard InChI is InChI=1S/C14H20BrNO3/c1-17-12-8-11(15)13(18-2)7-10(12)14(16)9-3-5-19-6-4-9/h7-9,14H,3-6,16H2,1-2H3/t14-/m1/s1. The van der Waals surface area contributed by atoms with E-state index in [1.54, 1.807) is 14.2 Å². The Kier molecular flexibility index (Phi) is 5.07. The molecule has 1 aliphatic heterocycles. The second-order valence-corrected chi connectivity index (χ2v) is 5.56. The molecule has 0 radical (unpaired) electrons. The van der Waals surface area contributed by atoms with Crippen LogP contribution in [0.1, 0.15) is 24.4 Å².